The first-order valence-corrected chi connectivity index (χ1v) is 6.80. The van der Waals surface area contributed by atoms with Gasteiger partial charge in [0.15, 0.2) is 0 Å². The summed E-state index contributed by atoms with van der Waals surface area (Å²) in [5.74, 6) is 1.16. The van der Waals surface area contributed by atoms with Crippen molar-refractivity contribution in [3.63, 3.8) is 0 Å². The monoisotopic (exact) mass is 233 g/mol. The standard InChI is InChI=1S/C14H23N3/c1-3-17(4-2)14-12(8-7-11-16-14)13-9-5-6-10-15-13/h7-8,11,13,15H,3-6,9-10H2,1-2H3. The molecule has 1 aliphatic heterocycles. The molecule has 1 unspecified atom stereocenters. The lowest BCUT2D eigenvalue weighted by molar-refractivity contribution is 0.411. The van der Waals surface area contributed by atoms with Gasteiger partial charge in [0.1, 0.15) is 5.82 Å². The zero-order valence-corrected chi connectivity index (χ0v) is 10.9. The fourth-order valence-electron chi connectivity index (χ4n) is 2.59. The Hall–Kier alpha value is -1.09. The summed E-state index contributed by atoms with van der Waals surface area (Å²) in [6, 6.07) is 4.77. The van der Waals surface area contributed by atoms with Gasteiger partial charge in [-0.2, -0.15) is 0 Å². The lowest BCUT2D eigenvalue weighted by Crippen LogP contribution is -2.30. The molecule has 1 aromatic rings. The van der Waals surface area contributed by atoms with Crippen molar-refractivity contribution in [2.75, 3.05) is 24.5 Å². The second kappa shape index (κ2) is 6.01. The summed E-state index contributed by atoms with van der Waals surface area (Å²) in [4.78, 5) is 6.92. The number of piperidine rings is 1. The van der Waals surface area contributed by atoms with E-state index in [1.54, 1.807) is 0 Å². The molecule has 0 aliphatic carbocycles. The number of hydrogen-bond acceptors (Lipinski definition) is 3. The van der Waals surface area contributed by atoms with E-state index in [2.05, 4.69) is 41.2 Å². The van der Waals surface area contributed by atoms with Crippen LogP contribution in [0.4, 0.5) is 5.82 Å². The highest BCUT2D eigenvalue weighted by atomic mass is 15.2. The van der Waals surface area contributed by atoms with E-state index >= 15 is 0 Å². The smallest absolute Gasteiger partial charge is 0.133 e. The predicted molar refractivity (Wildman–Crippen MR) is 72.4 cm³/mol. The van der Waals surface area contributed by atoms with E-state index in [1.807, 2.05) is 6.20 Å². The molecule has 1 atom stereocenters. The van der Waals surface area contributed by atoms with Crippen LogP contribution in [-0.4, -0.2) is 24.6 Å². The summed E-state index contributed by atoms with van der Waals surface area (Å²) in [6.07, 6.45) is 5.77. The zero-order chi connectivity index (χ0) is 12.1. The molecule has 0 amide bonds. The molecule has 0 bridgehead atoms. The first-order chi connectivity index (χ1) is 8.36. The summed E-state index contributed by atoms with van der Waals surface area (Å²) in [5.41, 5.74) is 1.37. The Kier molecular flexibility index (Phi) is 4.37. The number of aromatic nitrogens is 1. The Morgan fingerprint density at radius 1 is 1.35 bits per heavy atom. The Morgan fingerprint density at radius 3 is 2.82 bits per heavy atom. The molecule has 2 rings (SSSR count). The van der Waals surface area contributed by atoms with Crippen molar-refractivity contribution in [1.82, 2.24) is 10.3 Å². The van der Waals surface area contributed by atoms with Gasteiger partial charge in [0.25, 0.3) is 0 Å². The van der Waals surface area contributed by atoms with Crippen molar-refractivity contribution < 1.29 is 0 Å². The van der Waals surface area contributed by atoms with Gasteiger partial charge in [-0.05, 0) is 39.3 Å². The van der Waals surface area contributed by atoms with Gasteiger partial charge in [-0.15, -0.1) is 0 Å². The van der Waals surface area contributed by atoms with Gasteiger partial charge in [0.05, 0.1) is 0 Å². The topological polar surface area (TPSA) is 28.2 Å². The molecule has 0 saturated carbocycles. The maximum Gasteiger partial charge on any atom is 0.133 e. The quantitative estimate of drug-likeness (QED) is 0.866. The van der Waals surface area contributed by atoms with Gasteiger partial charge in [-0.25, -0.2) is 4.98 Å². The van der Waals surface area contributed by atoms with E-state index in [0.29, 0.717) is 6.04 Å². The summed E-state index contributed by atoms with van der Waals surface area (Å²) in [7, 11) is 0. The second-order valence-corrected chi connectivity index (χ2v) is 4.59. The number of nitrogens with one attached hydrogen (secondary N) is 1. The summed E-state index contributed by atoms with van der Waals surface area (Å²) in [6.45, 7) is 7.56. The first kappa shape index (κ1) is 12.4. The molecular weight excluding hydrogens is 210 g/mol. The highest BCUT2D eigenvalue weighted by molar-refractivity contribution is 5.48. The normalized spacial score (nSPS) is 20.2. The average Bonchev–Trinajstić information content (AvgIpc) is 2.42. The third-order valence-corrected chi connectivity index (χ3v) is 3.57. The Labute approximate surface area is 104 Å². The number of nitrogens with zero attached hydrogens (tertiary/aromatic N) is 2. The van der Waals surface area contributed by atoms with Crippen LogP contribution in [-0.2, 0) is 0 Å². The average molecular weight is 233 g/mol. The van der Waals surface area contributed by atoms with Crippen molar-refractivity contribution >= 4 is 5.82 Å². The Bertz CT molecular complexity index is 341. The largest absolute Gasteiger partial charge is 0.357 e. The molecular formula is C14H23N3. The van der Waals surface area contributed by atoms with Crippen molar-refractivity contribution in [2.45, 2.75) is 39.2 Å². The predicted octanol–water partition coefficient (Wildman–Crippen LogP) is 2.74. The van der Waals surface area contributed by atoms with Gasteiger partial charge in [0, 0.05) is 30.9 Å². The molecule has 17 heavy (non-hydrogen) atoms. The van der Waals surface area contributed by atoms with E-state index in [9.17, 15) is 0 Å². The van der Waals surface area contributed by atoms with Crippen LogP contribution in [0.15, 0.2) is 18.3 Å². The van der Waals surface area contributed by atoms with Gasteiger partial charge < -0.3 is 10.2 Å². The van der Waals surface area contributed by atoms with Crippen LogP contribution in [0.5, 0.6) is 0 Å². The number of pyridine rings is 1. The molecule has 0 radical (unpaired) electrons. The molecule has 0 aromatic carbocycles. The molecule has 3 heteroatoms. The van der Waals surface area contributed by atoms with Gasteiger partial charge in [0.2, 0.25) is 0 Å². The minimum absolute atomic E-state index is 0.494. The highest BCUT2D eigenvalue weighted by Crippen LogP contribution is 2.29. The molecule has 94 valence electrons. The molecule has 2 heterocycles. The van der Waals surface area contributed by atoms with Crippen LogP contribution < -0.4 is 10.2 Å². The maximum absolute atomic E-state index is 4.58. The minimum atomic E-state index is 0.494. The van der Waals surface area contributed by atoms with Crippen molar-refractivity contribution in [3.8, 4) is 0 Å². The van der Waals surface area contributed by atoms with Gasteiger partial charge >= 0.3 is 0 Å². The number of hydrogen-bond donors (Lipinski definition) is 1. The van der Waals surface area contributed by atoms with Crippen LogP contribution >= 0.6 is 0 Å². The Balaban J connectivity index is 2.25. The fraction of sp³-hybridized carbons (Fsp3) is 0.643. The summed E-state index contributed by atoms with van der Waals surface area (Å²) in [5, 5.41) is 3.61. The van der Waals surface area contributed by atoms with Crippen LogP contribution in [0.2, 0.25) is 0 Å². The van der Waals surface area contributed by atoms with Crippen LogP contribution in [0.1, 0.15) is 44.7 Å². The SMILES string of the molecule is CCN(CC)c1ncccc1C1CCCCN1. The van der Waals surface area contributed by atoms with E-state index < -0.39 is 0 Å². The van der Waals surface area contributed by atoms with E-state index in [0.717, 1.165) is 25.5 Å². The minimum Gasteiger partial charge on any atom is -0.357 e. The molecule has 1 N–H and O–H groups in total. The van der Waals surface area contributed by atoms with Crippen molar-refractivity contribution in [2.24, 2.45) is 0 Å². The fourth-order valence-corrected chi connectivity index (χ4v) is 2.59. The third-order valence-electron chi connectivity index (χ3n) is 3.57. The van der Waals surface area contributed by atoms with Crippen molar-refractivity contribution in [1.29, 1.82) is 0 Å². The summed E-state index contributed by atoms with van der Waals surface area (Å²) < 4.78 is 0. The zero-order valence-electron chi connectivity index (χ0n) is 10.9. The first-order valence-electron chi connectivity index (χ1n) is 6.80. The number of rotatable bonds is 4. The van der Waals surface area contributed by atoms with E-state index in [4.69, 9.17) is 0 Å². The number of anilines is 1. The van der Waals surface area contributed by atoms with E-state index in [-0.39, 0.29) is 0 Å². The molecule has 1 fully saturated rings. The molecule has 1 aliphatic rings. The molecule has 1 saturated heterocycles. The second-order valence-electron chi connectivity index (χ2n) is 4.59. The maximum atomic E-state index is 4.58. The van der Waals surface area contributed by atoms with E-state index in [1.165, 1.54) is 24.8 Å². The lowest BCUT2D eigenvalue weighted by atomic mass is 9.97. The lowest BCUT2D eigenvalue weighted by Gasteiger charge is -2.29. The molecule has 0 spiro atoms. The van der Waals surface area contributed by atoms with Gasteiger partial charge in [-0.3, -0.25) is 0 Å². The van der Waals surface area contributed by atoms with Gasteiger partial charge in [-0.1, -0.05) is 12.5 Å². The summed E-state index contributed by atoms with van der Waals surface area (Å²) >= 11 is 0. The van der Waals surface area contributed by atoms with Crippen LogP contribution in [0, 0.1) is 0 Å². The highest BCUT2D eigenvalue weighted by Gasteiger charge is 2.20. The Morgan fingerprint density at radius 2 is 2.18 bits per heavy atom. The van der Waals surface area contributed by atoms with Crippen LogP contribution in [0.25, 0.3) is 0 Å². The van der Waals surface area contributed by atoms with Crippen LogP contribution in [0.3, 0.4) is 0 Å². The molecule has 3 nitrogen and oxygen atoms in total. The third kappa shape index (κ3) is 2.78. The van der Waals surface area contributed by atoms with Crippen molar-refractivity contribution in [3.05, 3.63) is 23.9 Å². The molecule has 1 aromatic heterocycles.